The molecule has 1 aromatic carbocycles. The van der Waals surface area contributed by atoms with E-state index in [1.807, 2.05) is 0 Å². The van der Waals surface area contributed by atoms with E-state index < -0.39 is 23.3 Å². The summed E-state index contributed by atoms with van der Waals surface area (Å²) in [5, 5.41) is 11.9. The molecule has 2 rings (SSSR count). The van der Waals surface area contributed by atoms with E-state index in [2.05, 4.69) is 5.32 Å². The summed E-state index contributed by atoms with van der Waals surface area (Å²) in [6.45, 7) is 4.11. The van der Waals surface area contributed by atoms with Gasteiger partial charge in [-0.1, -0.05) is 12.1 Å². The number of carboxylic acids is 1. The highest BCUT2D eigenvalue weighted by Crippen LogP contribution is 2.35. The van der Waals surface area contributed by atoms with Crippen molar-refractivity contribution in [2.75, 3.05) is 13.2 Å². The summed E-state index contributed by atoms with van der Waals surface area (Å²) in [7, 11) is 0. The van der Waals surface area contributed by atoms with Crippen molar-refractivity contribution in [2.24, 2.45) is 5.92 Å². The average molecular weight is 323 g/mol. The summed E-state index contributed by atoms with van der Waals surface area (Å²) in [6, 6.07) is 5.41. The van der Waals surface area contributed by atoms with Gasteiger partial charge in [-0.05, 0) is 44.4 Å². The maximum absolute atomic E-state index is 13.2. The quantitative estimate of drug-likeness (QED) is 0.870. The second-order valence-electron chi connectivity index (χ2n) is 6.09. The summed E-state index contributed by atoms with van der Waals surface area (Å²) in [6.07, 6.45) is 0.970. The molecule has 1 fully saturated rings. The van der Waals surface area contributed by atoms with E-state index in [1.165, 1.54) is 12.1 Å². The van der Waals surface area contributed by atoms with Crippen molar-refractivity contribution < 1.29 is 23.8 Å². The Labute approximate surface area is 134 Å². The zero-order valence-corrected chi connectivity index (χ0v) is 13.3. The number of carbonyl (C=O) groups excluding carboxylic acids is 1. The van der Waals surface area contributed by atoms with Crippen molar-refractivity contribution >= 4 is 11.9 Å². The van der Waals surface area contributed by atoms with E-state index in [0.29, 0.717) is 26.1 Å². The highest BCUT2D eigenvalue weighted by Gasteiger charge is 2.42. The predicted octanol–water partition coefficient (Wildman–Crippen LogP) is 2.10. The number of aliphatic carboxylic acids is 1. The van der Waals surface area contributed by atoms with Gasteiger partial charge in [0.25, 0.3) is 0 Å². The van der Waals surface area contributed by atoms with Crippen molar-refractivity contribution in [2.45, 2.75) is 38.1 Å². The molecule has 1 aromatic rings. The molecular formula is C17H22FNO4. The highest BCUT2D eigenvalue weighted by atomic mass is 19.1. The molecule has 6 heteroatoms. The van der Waals surface area contributed by atoms with E-state index in [0.717, 1.165) is 5.56 Å². The Morgan fingerprint density at radius 1 is 1.22 bits per heavy atom. The van der Waals surface area contributed by atoms with Crippen molar-refractivity contribution in [1.82, 2.24) is 5.32 Å². The Hall–Kier alpha value is -1.95. The lowest BCUT2D eigenvalue weighted by Gasteiger charge is -2.37. The molecule has 1 heterocycles. The Balaban J connectivity index is 2.25. The zero-order chi connectivity index (χ0) is 17.0. The number of carboxylic acid groups (broad SMARTS) is 1. The van der Waals surface area contributed by atoms with Crippen LogP contribution in [-0.4, -0.2) is 36.2 Å². The number of ether oxygens (including phenoxy) is 1. The molecule has 1 saturated heterocycles. The minimum Gasteiger partial charge on any atom is -0.481 e. The second-order valence-corrected chi connectivity index (χ2v) is 6.09. The standard InChI is InChI=1S/C17H22FNO4/c1-11(15(20)21)12(2)19-16(22)17(7-9-23-10-8-17)13-3-5-14(18)6-4-13/h3-6,11-12H,7-10H2,1-2H3,(H,19,22)(H,20,21). The molecule has 1 amide bonds. The maximum atomic E-state index is 13.2. The minimum atomic E-state index is -0.958. The molecule has 23 heavy (non-hydrogen) atoms. The number of halogens is 1. The van der Waals surface area contributed by atoms with Crippen LogP contribution in [0.3, 0.4) is 0 Å². The molecule has 0 bridgehead atoms. The number of nitrogens with one attached hydrogen (secondary N) is 1. The summed E-state index contributed by atoms with van der Waals surface area (Å²) in [5.41, 5.74) is -0.0757. The fraction of sp³-hybridized carbons (Fsp3) is 0.529. The number of hydrogen-bond donors (Lipinski definition) is 2. The molecule has 0 radical (unpaired) electrons. The Morgan fingerprint density at radius 2 is 1.78 bits per heavy atom. The van der Waals surface area contributed by atoms with Gasteiger partial charge in [0.05, 0.1) is 11.3 Å². The first kappa shape index (κ1) is 17.4. The first-order chi connectivity index (χ1) is 10.9. The molecule has 0 aromatic heterocycles. The van der Waals surface area contributed by atoms with Crippen LogP contribution in [0.4, 0.5) is 4.39 Å². The monoisotopic (exact) mass is 323 g/mol. The lowest BCUT2D eigenvalue weighted by molar-refractivity contribution is -0.142. The number of rotatable bonds is 5. The molecule has 2 atom stereocenters. The van der Waals surface area contributed by atoms with E-state index >= 15 is 0 Å². The van der Waals surface area contributed by atoms with Crippen LogP contribution in [0.15, 0.2) is 24.3 Å². The van der Waals surface area contributed by atoms with Crippen LogP contribution in [0.2, 0.25) is 0 Å². The van der Waals surface area contributed by atoms with Gasteiger partial charge in [-0.2, -0.15) is 0 Å². The van der Waals surface area contributed by atoms with Crippen LogP contribution in [0, 0.1) is 11.7 Å². The molecule has 0 spiro atoms. The molecule has 1 aliphatic rings. The van der Waals surface area contributed by atoms with Crippen molar-refractivity contribution in [1.29, 1.82) is 0 Å². The normalized spacial score (nSPS) is 19.6. The fourth-order valence-corrected chi connectivity index (χ4v) is 2.82. The number of amides is 1. The van der Waals surface area contributed by atoms with Gasteiger partial charge in [-0.15, -0.1) is 0 Å². The van der Waals surface area contributed by atoms with E-state index in [9.17, 15) is 14.0 Å². The lowest BCUT2D eigenvalue weighted by Crippen LogP contribution is -2.52. The lowest BCUT2D eigenvalue weighted by atomic mass is 9.73. The summed E-state index contributed by atoms with van der Waals surface area (Å²) < 4.78 is 18.6. The van der Waals surface area contributed by atoms with Crippen LogP contribution in [-0.2, 0) is 19.7 Å². The van der Waals surface area contributed by atoms with E-state index in [4.69, 9.17) is 9.84 Å². The molecule has 2 unspecified atom stereocenters. The second kappa shape index (κ2) is 7.08. The topological polar surface area (TPSA) is 75.6 Å². The highest BCUT2D eigenvalue weighted by molar-refractivity contribution is 5.89. The molecule has 2 N–H and O–H groups in total. The maximum Gasteiger partial charge on any atom is 0.308 e. The van der Waals surface area contributed by atoms with Crippen LogP contribution in [0.25, 0.3) is 0 Å². The Kier molecular flexibility index (Phi) is 5.36. The third-order valence-corrected chi connectivity index (χ3v) is 4.68. The third kappa shape index (κ3) is 3.69. The molecule has 126 valence electrons. The van der Waals surface area contributed by atoms with Gasteiger partial charge >= 0.3 is 5.97 Å². The Bertz CT molecular complexity index is 566. The van der Waals surface area contributed by atoms with Gasteiger partial charge in [-0.25, -0.2) is 4.39 Å². The summed E-state index contributed by atoms with van der Waals surface area (Å²) in [5.74, 6) is -2.23. The molecule has 0 saturated carbocycles. The number of carbonyl (C=O) groups is 2. The molecule has 5 nitrogen and oxygen atoms in total. The van der Waals surface area contributed by atoms with Crippen molar-refractivity contribution in [3.8, 4) is 0 Å². The van der Waals surface area contributed by atoms with Gasteiger partial charge in [-0.3, -0.25) is 9.59 Å². The average Bonchev–Trinajstić information content (AvgIpc) is 2.55. The number of hydrogen-bond acceptors (Lipinski definition) is 3. The largest absolute Gasteiger partial charge is 0.481 e. The van der Waals surface area contributed by atoms with Gasteiger partial charge in [0.1, 0.15) is 5.82 Å². The SMILES string of the molecule is CC(NC(=O)C1(c2ccc(F)cc2)CCOCC1)C(C)C(=O)O. The zero-order valence-electron chi connectivity index (χ0n) is 13.3. The number of benzene rings is 1. The summed E-state index contributed by atoms with van der Waals surface area (Å²) in [4.78, 5) is 24.0. The van der Waals surface area contributed by atoms with Gasteiger partial charge in [0.2, 0.25) is 5.91 Å². The van der Waals surface area contributed by atoms with Crippen LogP contribution >= 0.6 is 0 Å². The summed E-state index contributed by atoms with van der Waals surface area (Å²) >= 11 is 0. The van der Waals surface area contributed by atoms with E-state index in [-0.39, 0.29) is 11.7 Å². The molecule has 1 aliphatic heterocycles. The fourth-order valence-electron chi connectivity index (χ4n) is 2.82. The smallest absolute Gasteiger partial charge is 0.308 e. The first-order valence-electron chi connectivity index (χ1n) is 7.74. The van der Waals surface area contributed by atoms with Crippen LogP contribution < -0.4 is 5.32 Å². The Morgan fingerprint density at radius 3 is 2.30 bits per heavy atom. The predicted molar refractivity (Wildman–Crippen MR) is 82.5 cm³/mol. The van der Waals surface area contributed by atoms with Gasteiger partial charge in [0, 0.05) is 19.3 Å². The van der Waals surface area contributed by atoms with Gasteiger partial charge in [0.15, 0.2) is 0 Å². The van der Waals surface area contributed by atoms with Crippen LogP contribution in [0.5, 0.6) is 0 Å². The minimum absolute atomic E-state index is 0.229. The van der Waals surface area contributed by atoms with Crippen LogP contribution in [0.1, 0.15) is 32.3 Å². The third-order valence-electron chi connectivity index (χ3n) is 4.68. The van der Waals surface area contributed by atoms with Crippen molar-refractivity contribution in [3.63, 3.8) is 0 Å². The van der Waals surface area contributed by atoms with Crippen molar-refractivity contribution in [3.05, 3.63) is 35.6 Å². The molecular weight excluding hydrogens is 301 g/mol. The van der Waals surface area contributed by atoms with Gasteiger partial charge < -0.3 is 15.2 Å². The first-order valence-corrected chi connectivity index (χ1v) is 7.74. The van der Waals surface area contributed by atoms with E-state index in [1.54, 1.807) is 26.0 Å². The molecule has 0 aliphatic carbocycles.